The van der Waals surface area contributed by atoms with Crippen LogP contribution in [0.4, 0.5) is 17.1 Å². The van der Waals surface area contributed by atoms with Gasteiger partial charge < -0.3 is 14.7 Å². The Morgan fingerprint density at radius 2 is 1.71 bits per heavy atom. The molecule has 2 aromatic carbocycles. The Bertz CT molecular complexity index is 800. The van der Waals surface area contributed by atoms with E-state index in [1.807, 2.05) is 49.1 Å². The average molecular weight is 383 g/mol. The maximum Gasteiger partial charge on any atom is 0.282 e. The fourth-order valence-corrected chi connectivity index (χ4v) is 3.66. The second-order valence-corrected chi connectivity index (χ2v) is 7.38. The van der Waals surface area contributed by atoms with Gasteiger partial charge in [-0.2, -0.15) is 0 Å². The number of carbonyl (C=O) groups is 1. The number of nitrogens with one attached hydrogen (secondary N) is 1. The highest BCUT2D eigenvalue weighted by molar-refractivity contribution is 5.94. The third-order valence-electron chi connectivity index (χ3n) is 5.12. The fourth-order valence-electron chi connectivity index (χ4n) is 3.66. The zero-order valence-electron chi connectivity index (χ0n) is 16.4. The van der Waals surface area contributed by atoms with E-state index >= 15 is 0 Å². The molecule has 28 heavy (non-hydrogen) atoms. The summed E-state index contributed by atoms with van der Waals surface area (Å²) in [5, 5.41) is 10.8. The van der Waals surface area contributed by atoms with Gasteiger partial charge in [0.15, 0.2) is 6.54 Å². The number of nitro benzene ring substituents is 1. The van der Waals surface area contributed by atoms with Crippen LogP contribution >= 0.6 is 0 Å². The molecule has 0 aliphatic carbocycles. The first kappa shape index (κ1) is 19.8. The van der Waals surface area contributed by atoms with Gasteiger partial charge in [-0.05, 0) is 38.1 Å². The zero-order chi connectivity index (χ0) is 20.1. The van der Waals surface area contributed by atoms with E-state index in [9.17, 15) is 14.9 Å². The van der Waals surface area contributed by atoms with Crippen molar-refractivity contribution in [3.05, 3.63) is 64.7 Å². The number of hydrogen-bond donors (Lipinski definition) is 1. The number of nitro groups is 1. The molecular weight excluding hydrogens is 356 g/mol. The first-order valence-electron chi connectivity index (χ1n) is 9.66. The molecule has 1 amide bonds. The highest BCUT2D eigenvalue weighted by atomic mass is 16.6. The third kappa shape index (κ3) is 4.67. The lowest BCUT2D eigenvalue weighted by Crippen LogP contribution is -3.16. The van der Waals surface area contributed by atoms with Crippen molar-refractivity contribution in [2.24, 2.45) is 0 Å². The Hall–Kier alpha value is -2.93. The normalized spacial score (nSPS) is 14.9. The smallest absolute Gasteiger partial charge is 0.282 e. The summed E-state index contributed by atoms with van der Waals surface area (Å²) in [7, 11) is 0. The van der Waals surface area contributed by atoms with Crippen molar-refractivity contribution >= 4 is 23.0 Å². The molecule has 0 radical (unpaired) electrons. The largest absolute Gasteiger partial charge is 0.360 e. The third-order valence-corrected chi connectivity index (χ3v) is 5.12. The van der Waals surface area contributed by atoms with Crippen molar-refractivity contribution < 1.29 is 14.6 Å². The second kappa shape index (κ2) is 8.84. The molecule has 0 saturated carbocycles. The highest BCUT2D eigenvalue weighted by Gasteiger charge is 2.27. The van der Waals surface area contributed by atoms with E-state index in [4.69, 9.17) is 0 Å². The van der Waals surface area contributed by atoms with Crippen LogP contribution in [-0.4, -0.2) is 49.6 Å². The summed E-state index contributed by atoms with van der Waals surface area (Å²) in [4.78, 5) is 28.7. The van der Waals surface area contributed by atoms with Crippen LogP contribution in [-0.2, 0) is 4.79 Å². The van der Waals surface area contributed by atoms with Gasteiger partial charge in [0.1, 0.15) is 0 Å². The number of para-hydroxylation sites is 1. The van der Waals surface area contributed by atoms with Gasteiger partial charge in [-0.3, -0.25) is 14.9 Å². The van der Waals surface area contributed by atoms with Crippen molar-refractivity contribution in [3.8, 4) is 0 Å². The predicted molar refractivity (Wildman–Crippen MR) is 110 cm³/mol. The van der Waals surface area contributed by atoms with Crippen LogP contribution in [0.2, 0.25) is 0 Å². The molecule has 148 valence electrons. The molecule has 0 aromatic heterocycles. The van der Waals surface area contributed by atoms with Gasteiger partial charge in [0.05, 0.1) is 31.1 Å². The molecule has 7 nitrogen and oxygen atoms in total. The number of benzene rings is 2. The minimum Gasteiger partial charge on any atom is -0.360 e. The summed E-state index contributed by atoms with van der Waals surface area (Å²) in [5.74, 6) is 0.139. The van der Waals surface area contributed by atoms with Gasteiger partial charge in [-0.15, -0.1) is 0 Å². The van der Waals surface area contributed by atoms with Crippen LogP contribution < -0.4 is 14.7 Å². The number of anilines is 2. The van der Waals surface area contributed by atoms with Gasteiger partial charge in [0, 0.05) is 29.5 Å². The van der Waals surface area contributed by atoms with Gasteiger partial charge in [0.25, 0.3) is 11.6 Å². The molecule has 0 spiro atoms. The lowest BCUT2D eigenvalue weighted by Gasteiger charge is -2.35. The molecule has 1 aliphatic heterocycles. The van der Waals surface area contributed by atoms with Crippen molar-refractivity contribution in [3.63, 3.8) is 0 Å². The standard InChI is InChI=1S/C21H26N4O3/c1-17(2)24(19-6-4-3-5-7-19)21(26)16-22-12-14-23(15-13-22)18-8-10-20(11-9-18)25(27)28/h3-11,17H,12-16H2,1-2H3/p+1. The first-order valence-corrected chi connectivity index (χ1v) is 9.66. The summed E-state index contributed by atoms with van der Waals surface area (Å²) in [6.07, 6.45) is 0. The van der Waals surface area contributed by atoms with E-state index in [1.54, 1.807) is 24.3 Å². The average Bonchev–Trinajstić information content (AvgIpc) is 2.69. The Balaban J connectivity index is 1.57. The number of hydrogen-bond acceptors (Lipinski definition) is 4. The molecule has 1 saturated heterocycles. The molecule has 0 bridgehead atoms. The van der Waals surface area contributed by atoms with Crippen molar-refractivity contribution in [1.29, 1.82) is 0 Å². The van der Waals surface area contributed by atoms with Crippen LogP contribution in [0.15, 0.2) is 54.6 Å². The van der Waals surface area contributed by atoms with Crippen molar-refractivity contribution in [2.75, 3.05) is 42.5 Å². The SMILES string of the molecule is CC(C)N(C(=O)C[NH+]1CCN(c2ccc([N+](=O)[O-])cc2)CC1)c1ccccc1. The van der Waals surface area contributed by atoms with Gasteiger partial charge in [-0.1, -0.05) is 18.2 Å². The van der Waals surface area contributed by atoms with E-state index in [-0.39, 0.29) is 22.6 Å². The van der Waals surface area contributed by atoms with Gasteiger partial charge in [-0.25, -0.2) is 0 Å². The molecule has 0 atom stereocenters. The molecule has 3 rings (SSSR count). The maximum absolute atomic E-state index is 12.9. The topological polar surface area (TPSA) is 71.1 Å². The molecule has 1 N–H and O–H groups in total. The van der Waals surface area contributed by atoms with E-state index in [0.29, 0.717) is 6.54 Å². The lowest BCUT2D eigenvalue weighted by molar-refractivity contribution is -0.892. The summed E-state index contributed by atoms with van der Waals surface area (Å²) in [5.41, 5.74) is 2.03. The fraction of sp³-hybridized carbons (Fsp3) is 0.381. The summed E-state index contributed by atoms with van der Waals surface area (Å²) >= 11 is 0. The van der Waals surface area contributed by atoms with Crippen LogP contribution in [0.5, 0.6) is 0 Å². The molecule has 7 heteroatoms. The van der Waals surface area contributed by atoms with Crippen molar-refractivity contribution in [2.45, 2.75) is 19.9 Å². The summed E-state index contributed by atoms with van der Waals surface area (Å²) < 4.78 is 0. The Morgan fingerprint density at radius 1 is 1.11 bits per heavy atom. The van der Waals surface area contributed by atoms with Crippen LogP contribution in [0, 0.1) is 10.1 Å². The predicted octanol–water partition coefficient (Wildman–Crippen LogP) is 1.74. The minimum atomic E-state index is -0.384. The van der Waals surface area contributed by atoms with Gasteiger partial charge >= 0.3 is 0 Å². The van der Waals surface area contributed by atoms with Crippen LogP contribution in [0.3, 0.4) is 0 Å². The van der Waals surface area contributed by atoms with E-state index in [2.05, 4.69) is 4.90 Å². The number of rotatable bonds is 6. The Kier molecular flexibility index (Phi) is 6.26. The monoisotopic (exact) mass is 383 g/mol. The van der Waals surface area contributed by atoms with E-state index in [0.717, 1.165) is 37.6 Å². The van der Waals surface area contributed by atoms with Crippen molar-refractivity contribution in [1.82, 2.24) is 0 Å². The Labute approximate surface area is 165 Å². The highest BCUT2D eigenvalue weighted by Crippen LogP contribution is 2.19. The molecule has 1 heterocycles. The number of non-ortho nitro benzene ring substituents is 1. The molecule has 1 aliphatic rings. The van der Waals surface area contributed by atoms with E-state index in [1.165, 1.54) is 4.90 Å². The number of quaternary nitrogens is 1. The lowest BCUT2D eigenvalue weighted by atomic mass is 10.2. The number of nitrogens with zero attached hydrogens (tertiary/aromatic N) is 3. The van der Waals surface area contributed by atoms with E-state index < -0.39 is 0 Å². The van der Waals surface area contributed by atoms with Crippen LogP contribution in [0.1, 0.15) is 13.8 Å². The Morgan fingerprint density at radius 3 is 2.25 bits per heavy atom. The number of piperazine rings is 1. The molecule has 1 fully saturated rings. The minimum absolute atomic E-state index is 0.105. The molecule has 0 unspecified atom stereocenters. The summed E-state index contributed by atoms with van der Waals surface area (Å²) in [6, 6.07) is 16.6. The second-order valence-electron chi connectivity index (χ2n) is 7.38. The number of carbonyl (C=O) groups excluding carboxylic acids is 1. The first-order chi connectivity index (χ1) is 13.5. The quantitative estimate of drug-likeness (QED) is 0.609. The zero-order valence-corrected chi connectivity index (χ0v) is 16.4. The molecular formula is C21H27N4O3+. The molecule has 2 aromatic rings. The van der Waals surface area contributed by atoms with Gasteiger partial charge in [0.2, 0.25) is 0 Å². The van der Waals surface area contributed by atoms with Crippen LogP contribution in [0.25, 0.3) is 0 Å². The maximum atomic E-state index is 12.9. The number of amides is 1. The summed E-state index contributed by atoms with van der Waals surface area (Å²) in [6.45, 7) is 7.93.